The van der Waals surface area contributed by atoms with Crippen LogP contribution in [0.2, 0.25) is 0 Å². The topological polar surface area (TPSA) is 83.6 Å². The van der Waals surface area contributed by atoms with Crippen LogP contribution in [0, 0.1) is 0 Å². The average Bonchev–Trinajstić information content (AvgIpc) is 3.02. The first-order chi connectivity index (χ1) is 11.1. The van der Waals surface area contributed by atoms with Gasteiger partial charge in [-0.2, -0.15) is 0 Å². The summed E-state index contributed by atoms with van der Waals surface area (Å²) in [5.41, 5.74) is 0.486. The van der Waals surface area contributed by atoms with Crippen molar-refractivity contribution in [2.24, 2.45) is 0 Å². The van der Waals surface area contributed by atoms with E-state index in [4.69, 9.17) is 0 Å². The zero-order valence-electron chi connectivity index (χ0n) is 14.3. The number of nitrogens with one attached hydrogen (secondary N) is 1. The monoisotopic (exact) mass is 352 g/mol. The summed E-state index contributed by atoms with van der Waals surface area (Å²) in [4.78, 5) is 25.7. The molecule has 1 aliphatic rings. The second kappa shape index (κ2) is 6.93. The van der Waals surface area contributed by atoms with Crippen LogP contribution in [0.1, 0.15) is 37.6 Å². The predicted octanol–water partition coefficient (Wildman–Crippen LogP) is 1.23. The first-order valence-corrected chi connectivity index (χ1v) is 9.52. The van der Waals surface area contributed by atoms with E-state index in [0.29, 0.717) is 18.5 Å². The van der Waals surface area contributed by atoms with Crippen LogP contribution < -0.4 is 5.32 Å². The Bertz CT molecular complexity index is 708. The Balaban J connectivity index is 1.90. The van der Waals surface area contributed by atoms with Crippen LogP contribution in [0.4, 0.5) is 0 Å². The van der Waals surface area contributed by atoms with Crippen LogP contribution in [0.5, 0.6) is 0 Å². The molecule has 1 aromatic rings. The number of carbonyl (C=O) groups is 2. The zero-order chi connectivity index (χ0) is 18.0. The fraction of sp³-hybridized carbons (Fsp3) is 0.529. The van der Waals surface area contributed by atoms with Crippen molar-refractivity contribution in [2.75, 3.05) is 19.6 Å². The SMILES string of the molecule is CC(C)(C)S(=O)(=O)C1CCN(C(=O)CNC(=O)c2ccccc2)C1. The molecule has 0 aliphatic carbocycles. The molecule has 1 fully saturated rings. The Labute approximate surface area is 143 Å². The van der Waals surface area contributed by atoms with Crippen LogP contribution in [0.25, 0.3) is 0 Å². The smallest absolute Gasteiger partial charge is 0.251 e. The molecule has 132 valence electrons. The quantitative estimate of drug-likeness (QED) is 0.883. The van der Waals surface area contributed by atoms with Crippen LogP contribution in [0.3, 0.4) is 0 Å². The molecule has 1 saturated heterocycles. The van der Waals surface area contributed by atoms with Crippen LogP contribution in [0.15, 0.2) is 30.3 Å². The molecule has 1 aliphatic heterocycles. The molecule has 1 heterocycles. The van der Waals surface area contributed by atoms with Gasteiger partial charge in [-0.1, -0.05) is 18.2 Å². The second-order valence-electron chi connectivity index (χ2n) is 6.96. The molecule has 7 heteroatoms. The van der Waals surface area contributed by atoms with Gasteiger partial charge < -0.3 is 10.2 Å². The number of carbonyl (C=O) groups excluding carboxylic acids is 2. The summed E-state index contributed by atoms with van der Waals surface area (Å²) in [6.45, 7) is 5.49. The molecule has 1 N–H and O–H groups in total. The molecule has 0 saturated carbocycles. The van der Waals surface area contributed by atoms with Crippen molar-refractivity contribution >= 4 is 21.7 Å². The summed E-state index contributed by atoms with van der Waals surface area (Å²) in [5.74, 6) is -0.576. The molecule has 1 aromatic carbocycles. The van der Waals surface area contributed by atoms with Gasteiger partial charge in [-0.3, -0.25) is 9.59 Å². The third-order valence-electron chi connectivity index (χ3n) is 4.23. The molecule has 1 unspecified atom stereocenters. The van der Waals surface area contributed by atoms with Crippen molar-refractivity contribution in [1.82, 2.24) is 10.2 Å². The van der Waals surface area contributed by atoms with E-state index in [0.717, 1.165) is 0 Å². The lowest BCUT2D eigenvalue weighted by molar-refractivity contribution is -0.129. The fourth-order valence-electron chi connectivity index (χ4n) is 2.67. The van der Waals surface area contributed by atoms with Gasteiger partial charge in [-0.25, -0.2) is 8.42 Å². The molecule has 0 radical (unpaired) electrons. The number of hydrogen-bond acceptors (Lipinski definition) is 4. The lowest BCUT2D eigenvalue weighted by Crippen LogP contribution is -2.42. The Hall–Kier alpha value is -1.89. The normalized spacial score (nSPS) is 18.5. The summed E-state index contributed by atoms with van der Waals surface area (Å²) in [5, 5.41) is 2.04. The van der Waals surface area contributed by atoms with Crippen molar-refractivity contribution in [1.29, 1.82) is 0 Å². The van der Waals surface area contributed by atoms with Crippen molar-refractivity contribution < 1.29 is 18.0 Å². The maximum absolute atomic E-state index is 12.5. The molecule has 0 spiro atoms. The highest BCUT2D eigenvalue weighted by atomic mass is 32.2. The van der Waals surface area contributed by atoms with Crippen LogP contribution in [-0.4, -0.2) is 54.8 Å². The Morgan fingerprint density at radius 3 is 2.42 bits per heavy atom. The van der Waals surface area contributed by atoms with Gasteiger partial charge in [0.25, 0.3) is 5.91 Å². The fourth-order valence-corrected chi connectivity index (χ4v) is 4.46. The summed E-state index contributed by atoms with van der Waals surface area (Å²) >= 11 is 0. The number of benzene rings is 1. The molecule has 0 aromatic heterocycles. The molecule has 6 nitrogen and oxygen atoms in total. The van der Waals surface area contributed by atoms with E-state index in [1.807, 2.05) is 6.07 Å². The van der Waals surface area contributed by atoms with E-state index in [2.05, 4.69) is 5.32 Å². The van der Waals surface area contributed by atoms with Crippen molar-refractivity contribution in [3.8, 4) is 0 Å². The first-order valence-electron chi connectivity index (χ1n) is 7.97. The standard InChI is InChI=1S/C17H24N2O4S/c1-17(2,3)24(22,23)14-9-10-19(12-14)15(20)11-18-16(21)13-7-5-4-6-8-13/h4-8,14H,9-12H2,1-3H3,(H,18,21). The van der Waals surface area contributed by atoms with E-state index in [9.17, 15) is 18.0 Å². The number of sulfone groups is 1. The average molecular weight is 352 g/mol. The Morgan fingerprint density at radius 1 is 1.21 bits per heavy atom. The maximum Gasteiger partial charge on any atom is 0.251 e. The van der Waals surface area contributed by atoms with Gasteiger partial charge in [-0.05, 0) is 39.3 Å². The predicted molar refractivity (Wildman–Crippen MR) is 92.4 cm³/mol. The molecule has 0 bridgehead atoms. The molecule has 2 rings (SSSR count). The summed E-state index contributed by atoms with van der Waals surface area (Å²) < 4.78 is 24.1. The Kier molecular flexibility index (Phi) is 5.32. The summed E-state index contributed by atoms with van der Waals surface area (Å²) in [7, 11) is -3.30. The third-order valence-corrected chi connectivity index (χ3v) is 7.20. The van der Waals surface area contributed by atoms with Gasteiger partial charge >= 0.3 is 0 Å². The van der Waals surface area contributed by atoms with E-state index < -0.39 is 19.8 Å². The molecular formula is C17H24N2O4S. The first kappa shape index (κ1) is 18.4. The summed E-state index contributed by atoms with van der Waals surface area (Å²) in [6, 6.07) is 8.64. The number of likely N-dealkylation sites (tertiary alicyclic amines) is 1. The Morgan fingerprint density at radius 2 is 1.83 bits per heavy atom. The lowest BCUT2D eigenvalue weighted by Gasteiger charge is -2.24. The maximum atomic E-state index is 12.5. The minimum atomic E-state index is -3.30. The highest BCUT2D eigenvalue weighted by molar-refractivity contribution is 7.93. The van der Waals surface area contributed by atoms with Crippen LogP contribution in [-0.2, 0) is 14.6 Å². The highest BCUT2D eigenvalue weighted by Gasteiger charge is 2.41. The van der Waals surface area contributed by atoms with E-state index >= 15 is 0 Å². The van der Waals surface area contributed by atoms with Gasteiger partial charge in [0.15, 0.2) is 9.84 Å². The second-order valence-corrected chi connectivity index (χ2v) is 9.94. The van der Waals surface area contributed by atoms with Gasteiger partial charge in [-0.15, -0.1) is 0 Å². The van der Waals surface area contributed by atoms with Gasteiger partial charge in [0.05, 0.1) is 16.5 Å². The zero-order valence-corrected chi connectivity index (χ0v) is 15.1. The summed E-state index contributed by atoms with van der Waals surface area (Å²) in [6.07, 6.45) is 0.442. The molecule has 2 amide bonds. The minimum Gasteiger partial charge on any atom is -0.343 e. The van der Waals surface area contributed by atoms with E-state index in [-0.39, 0.29) is 24.9 Å². The van der Waals surface area contributed by atoms with Crippen LogP contribution >= 0.6 is 0 Å². The van der Waals surface area contributed by atoms with E-state index in [1.54, 1.807) is 45.0 Å². The van der Waals surface area contributed by atoms with Crippen molar-refractivity contribution in [2.45, 2.75) is 37.2 Å². The van der Waals surface area contributed by atoms with Crippen molar-refractivity contribution in [3.63, 3.8) is 0 Å². The number of rotatable bonds is 4. The molecule has 1 atom stereocenters. The number of nitrogens with zero attached hydrogens (tertiary/aromatic N) is 1. The number of hydrogen-bond donors (Lipinski definition) is 1. The van der Waals surface area contributed by atoms with E-state index in [1.165, 1.54) is 4.90 Å². The molecule has 24 heavy (non-hydrogen) atoms. The largest absolute Gasteiger partial charge is 0.343 e. The van der Waals surface area contributed by atoms with Gasteiger partial charge in [0, 0.05) is 18.7 Å². The lowest BCUT2D eigenvalue weighted by atomic mass is 10.2. The third kappa shape index (κ3) is 3.95. The number of amides is 2. The van der Waals surface area contributed by atoms with Gasteiger partial charge in [0.1, 0.15) is 0 Å². The highest BCUT2D eigenvalue weighted by Crippen LogP contribution is 2.27. The van der Waals surface area contributed by atoms with Crippen molar-refractivity contribution in [3.05, 3.63) is 35.9 Å². The molecular weight excluding hydrogens is 328 g/mol. The minimum absolute atomic E-state index is 0.129. The van der Waals surface area contributed by atoms with Gasteiger partial charge in [0.2, 0.25) is 5.91 Å².